The summed E-state index contributed by atoms with van der Waals surface area (Å²) in [6.07, 6.45) is -0.504. The Hall–Kier alpha value is -0.910. The molecule has 0 bridgehead atoms. The molecule has 5 heteroatoms. The van der Waals surface area contributed by atoms with Crippen molar-refractivity contribution in [1.82, 2.24) is 0 Å². The first-order chi connectivity index (χ1) is 8.67. The number of rotatable bonds is 7. The Morgan fingerprint density at radius 3 is 2.50 bits per heavy atom. The van der Waals surface area contributed by atoms with Crippen LogP contribution in [0.1, 0.15) is 24.2 Å². The molecule has 0 heterocycles. The predicted molar refractivity (Wildman–Crippen MR) is 71.5 cm³/mol. The lowest BCUT2D eigenvalue weighted by atomic mass is 10.2. The Labute approximate surface area is 115 Å². The zero-order valence-electron chi connectivity index (χ0n) is 10.5. The number of carbonyl (C=O) groups excluding carboxylic acids is 1. The van der Waals surface area contributed by atoms with Gasteiger partial charge in [0.1, 0.15) is 6.61 Å². The van der Waals surface area contributed by atoms with Crippen LogP contribution in [0.4, 0.5) is 0 Å². The van der Waals surface area contributed by atoms with Crippen LogP contribution in [0.3, 0.4) is 0 Å². The summed E-state index contributed by atoms with van der Waals surface area (Å²) in [7, 11) is 0. The zero-order chi connectivity index (χ0) is 13.4. The van der Waals surface area contributed by atoms with Gasteiger partial charge in [-0.25, -0.2) is 4.79 Å². The second kappa shape index (κ2) is 8.24. The SMILES string of the molecule is CCOC(COC(=O)c1cccc(Br)c1)OCC. The maximum Gasteiger partial charge on any atom is 0.338 e. The Bertz CT molecular complexity index is 375. The van der Waals surface area contributed by atoms with Gasteiger partial charge < -0.3 is 14.2 Å². The molecule has 0 amide bonds. The average molecular weight is 317 g/mol. The molecule has 0 aliphatic rings. The standard InChI is InChI=1S/C13H17BrO4/c1-3-16-12(17-4-2)9-18-13(15)10-6-5-7-11(14)8-10/h5-8,12H,3-4,9H2,1-2H3. The molecule has 0 N–H and O–H groups in total. The highest BCUT2D eigenvalue weighted by Crippen LogP contribution is 2.12. The minimum atomic E-state index is -0.504. The molecule has 100 valence electrons. The Balaban J connectivity index is 2.49. The molecule has 0 aromatic heterocycles. The van der Waals surface area contributed by atoms with Crippen LogP contribution in [0.2, 0.25) is 0 Å². The van der Waals surface area contributed by atoms with Gasteiger partial charge in [0.25, 0.3) is 0 Å². The molecule has 0 saturated heterocycles. The van der Waals surface area contributed by atoms with Gasteiger partial charge in [0.05, 0.1) is 5.56 Å². The summed E-state index contributed by atoms with van der Waals surface area (Å²) in [5.41, 5.74) is 0.496. The molecule has 4 nitrogen and oxygen atoms in total. The number of hydrogen-bond acceptors (Lipinski definition) is 4. The second-order valence-electron chi connectivity index (χ2n) is 3.45. The smallest absolute Gasteiger partial charge is 0.338 e. The highest BCUT2D eigenvalue weighted by Gasteiger charge is 2.13. The van der Waals surface area contributed by atoms with E-state index in [4.69, 9.17) is 14.2 Å². The molecule has 0 spiro atoms. The Morgan fingerprint density at radius 2 is 1.94 bits per heavy atom. The molecule has 0 radical (unpaired) electrons. The van der Waals surface area contributed by atoms with E-state index in [1.807, 2.05) is 19.9 Å². The van der Waals surface area contributed by atoms with Crippen molar-refractivity contribution < 1.29 is 19.0 Å². The molecular weight excluding hydrogens is 300 g/mol. The van der Waals surface area contributed by atoms with Crippen LogP contribution in [-0.2, 0) is 14.2 Å². The van der Waals surface area contributed by atoms with E-state index in [-0.39, 0.29) is 12.6 Å². The fraction of sp³-hybridized carbons (Fsp3) is 0.462. The van der Waals surface area contributed by atoms with E-state index < -0.39 is 6.29 Å². The lowest BCUT2D eigenvalue weighted by Crippen LogP contribution is -2.25. The first kappa shape index (κ1) is 15.1. The lowest BCUT2D eigenvalue weighted by molar-refractivity contribution is -0.158. The summed E-state index contributed by atoms with van der Waals surface area (Å²) in [6, 6.07) is 7.03. The molecule has 0 aliphatic carbocycles. The quantitative estimate of drug-likeness (QED) is 0.573. The van der Waals surface area contributed by atoms with Crippen LogP contribution >= 0.6 is 15.9 Å². The summed E-state index contributed by atoms with van der Waals surface area (Å²) in [5, 5.41) is 0. The second-order valence-corrected chi connectivity index (χ2v) is 4.36. The van der Waals surface area contributed by atoms with E-state index in [2.05, 4.69) is 15.9 Å². The van der Waals surface area contributed by atoms with Gasteiger partial charge in [-0.1, -0.05) is 22.0 Å². The normalized spacial score (nSPS) is 10.7. The third-order valence-electron chi connectivity index (χ3n) is 2.12. The van der Waals surface area contributed by atoms with Crippen molar-refractivity contribution in [3.05, 3.63) is 34.3 Å². The first-order valence-corrected chi connectivity index (χ1v) is 6.62. The van der Waals surface area contributed by atoms with E-state index in [9.17, 15) is 4.79 Å². The molecule has 0 atom stereocenters. The van der Waals surface area contributed by atoms with Crippen LogP contribution < -0.4 is 0 Å². The van der Waals surface area contributed by atoms with Gasteiger partial charge in [0.15, 0.2) is 6.29 Å². The number of carbonyl (C=O) groups is 1. The minimum absolute atomic E-state index is 0.0903. The van der Waals surface area contributed by atoms with Crippen LogP contribution in [0, 0.1) is 0 Å². The van der Waals surface area contributed by atoms with Gasteiger partial charge in [0.2, 0.25) is 0 Å². The van der Waals surface area contributed by atoms with Gasteiger partial charge >= 0.3 is 5.97 Å². The summed E-state index contributed by atoms with van der Waals surface area (Å²) < 4.78 is 16.5. The molecule has 1 rings (SSSR count). The Kier molecular flexibility index (Phi) is 6.93. The number of esters is 1. The minimum Gasteiger partial charge on any atom is -0.457 e. The monoisotopic (exact) mass is 316 g/mol. The number of halogens is 1. The fourth-order valence-corrected chi connectivity index (χ4v) is 1.76. The predicted octanol–water partition coefficient (Wildman–Crippen LogP) is 3.01. The average Bonchev–Trinajstić information content (AvgIpc) is 2.36. The summed E-state index contributed by atoms with van der Waals surface area (Å²) in [4.78, 5) is 11.8. The first-order valence-electron chi connectivity index (χ1n) is 5.83. The van der Waals surface area contributed by atoms with Crippen molar-refractivity contribution in [3.63, 3.8) is 0 Å². The molecule has 0 fully saturated rings. The van der Waals surface area contributed by atoms with E-state index >= 15 is 0 Å². The van der Waals surface area contributed by atoms with Crippen LogP contribution in [0.25, 0.3) is 0 Å². The van der Waals surface area contributed by atoms with Crippen molar-refractivity contribution in [2.45, 2.75) is 20.1 Å². The molecule has 0 saturated carbocycles. The molecule has 1 aromatic carbocycles. The van der Waals surface area contributed by atoms with Gasteiger partial charge in [-0.3, -0.25) is 0 Å². The molecular formula is C13H17BrO4. The fourth-order valence-electron chi connectivity index (χ4n) is 1.36. The van der Waals surface area contributed by atoms with Gasteiger partial charge in [-0.05, 0) is 32.0 Å². The number of benzene rings is 1. The lowest BCUT2D eigenvalue weighted by Gasteiger charge is -2.16. The maximum absolute atomic E-state index is 11.8. The van der Waals surface area contributed by atoms with Crippen molar-refractivity contribution in [3.8, 4) is 0 Å². The van der Waals surface area contributed by atoms with Crippen LogP contribution in [0.5, 0.6) is 0 Å². The van der Waals surface area contributed by atoms with E-state index in [1.54, 1.807) is 18.2 Å². The van der Waals surface area contributed by atoms with Crippen molar-refractivity contribution >= 4 is 21.9 Å². The van der Waals surface area contributed by atoms with Gasteiger partial charge in [-0.15, -0.1) is 0 Å². The summed E-state index contributed by atoms with van der Waals surface area (Å²) in [5.74, 6) is -0.388. The molecule has 0 unspecified atom stereocenters. The van der Waals surface area contributed by atoms with E-state index in [0.717, 1.165) is 4.47 Å². The van der Waals surface area contributed by atoms with Crippen molar-refractivity contribution in [1.29, 1.82) is 0 Å². The molecule has 18 heavy (non-hydrogen) atoms. The summed E-state index contributed by atoms with van der Waals surface area (Å²) in [6.45, 7) is 4.84. The number of ether oxygens (including phenoxy) is 3. The van der Waals surface area contributed by atoms with Gasteiger partial charge in [0, 0.05) is 17.7 Å². The third kappa shape index (κ3) is 5.16. The largest absolute Gasteiger partial charge is 0.457 e. The van der Waals surface area contributed by atoms with Crippen LogP contribution in [-0.4, -0.2) is 32.1 Å². The third-order valence-corrected chi connectivity index (χ3v) is 2.61. The van der Waals surface area contributed by atoms with Crippen molar-refractivity contribution in [2.24, 2.45) is 0 Å². The highest BCUT2D eigenvalue weighted by atomic mass is 79.9. The summed E-state index contributed by atoms with van der Waals surface area (Å²) >= 11 is 3.30. The van der Waals surface area contributed by atoms with Crippen molar-refractivity contribution in [2.75, 3.05) is 19.8 Å². The zero-order valence-corrected chi connectivity index (χ0v) is 12.1. The molecule has 0 aliphatic heterocycles. The molecule has 1 aromatic rings. The highest BCUT2D eigenvalue weighted by molar-refractivity contribution is 9.10. The number of hydrogen-bond donors (Lipinski definition) is 0. The maximum atomic E-state index is 11.8. The topological polar surface area (TPSA) is 44.8 Å². The van der Waals surface area contributed by atoms with Crippen LogP contribution in [0.15, 0.2) is 28.7 Å². The Morgan fingerprint density at radius 1 is 1.28 bits per heavy atom. The van der Waals surface area contributed by atoms with E-state index in [1.165, 1.54) is 0 Å². The van der Waals surface area contributed by atoms with Gasteiger partial charge in [-0.2, -0.15) is 0 Å². The van der Waals surface area contributed by atoms with E-state index in [0.29, 0.717) is 18.8 Å².